The van der Waals surface area contributed by atoms with Crippen molar-refractivity contribution in [3.8, 4) is 0 Å². The van der Waals surface area contributed by atoms with Crippen molar-refractivity contribution in [3.63, 3.8) is 0 Å². The van der Waals surface area contributed by atoms with Gasteiger partial charge in [-0.2, -0.15) is 0 Å². The molecule has 0 spiro atoms. The summed E-state index contributed by atoms with van der Waals surface area (Å²) in [6, 6.07) is 4.24. The molecule has 2 aliphatic heterocycles. The summed E-state index contributed by atoms with van der Waals surface area (Å²) in [5.74, 6) is 1.87. The minimum atomic E-state index is 0. The Hall–Kier alpha value is -0.840. The second-order valence-electron chi connectivity index (χ2n) is 7.48. The maximum absolute atomic E-state index is 5.83. The van der Waals surface area contributed by atoms with E-state index in [2.05, 4.69) is 28.5 Å². The van der Waals surface area contributed by atoms with Gasteiger partial charge in [-0.1, -0.05) is 6.42 Å². The van der Waals surface area contributed by atoms with Gasteiger partial charge in [0.05, 0.1) is 31.6 Å². The zero-order chi connectivity index (χ0) is 19.4. The summed E-state index contributed by atoms with van der Waals surface area (Å²) >= 11 is 0. The number of furan rings is 1. The molecule has 3 heterocycles. The molecule has 0 amide bonds. The van der Waals surface area contributed by atoms with E-state index < -0.39 is 0 Å². The van der Waals surface area contributed by atoms with E-state index in [-0.39, 0.29) is 36.1 Å². The lowest BCUT2D eigenvalue weighted by molar-refractivity contribution is 0.0420. The third-order valence-corrected chi connectivity index (χ3v) is 5.32. The highest BCUT2D eigenvalue weighted by molar-refractivity contribution is 14.0. The van der Waals surface area contributed by atoms with Crippen LogP contribution in [-0.4, -0.2) is 69.5 Å². The van der Waals surface area contributed by atoms with Crippen molar-refractivity contribution in [2.45, 2.75) is 51.2 Å². The van der Waals surface area contributed by atoms with Crippen molar-refractivity contribution in [2.75, 3.05) is 52.5 Å². The lowest BCUT2D eigenvalue weighted by atomic mass is 10.1. The van der Waals surface area contributed by atoms with Crippen LogP contribution in [0, 0.1) is 0 Å². The molecule has 0 radical (unpaired) electrons. The number of halogens is 1. The van der Waals surface area contributed by atoms with Crippen LogP contribution in [0.5, 0.6) is 0 Å². The fourth-order valence-electron chi connectivity index (χ4n) is 3.79. The number of nitrogens with zero attached hydrogens (tertiary/aromatic N) is 2. The smallest absolute Gasteiger partial charge is 0.191 e. The topological polar surface area (TPSA) is 71.3 Å². The van der Waals surface area contributed by atoms with Crippen LogP contribution < -0.4 is 10.6 Å². The van der Waals surface area contributed by atoms with E-state index in [1.54, 1.807) is 6.26 Å². The zero-order valence-electron chi connectivity index (χ0n) is 17.6. The van der Waals surface area contributed by atoms with E-state index in [1.807, 2.05) is 6.07 Å². The maximum Gasteiger partial charge on any atom is 0.191 e. The van der Waals surface area contributed by atoms with Crippen molar-refractivity contribution >= 4 is 29.9 Å². The lowest BCUT2D eigenvalue weighted by Crippen LogP contribution is -2.40. The molecule has 2 unspecified atom stereocenters. The van der Waals surface area contributed by atoms with E-state index in [0.29, 0.717) is 6.54 Å². The van der Waals surface area contributed by atoms with Gasteiger partial charge >= 0.3 is 0 Å². The number of guanidine groups is 1. The van der Waals surface area contributed by atoms with Crippen LogP contribution in [-0.2, 0) is 9.47 Å². The first-order chi connectivity index (χ1) is 13.9. The Morgan fingerprint density at radius 3 is 2.86 bits per heavy atom. The number of ether oxygens (including phenoxy) is 2. The largest absolute Gasteiger partial charge is 0.468 e. The normalized spacial score (nSPS) is 21.6. The molecule has 1 aromatic rings. The minimum absolute atomic E-state index is 0. The molecule has 1 aromatic heterocycles. The van der Waals surface area contributed by atoms with Gasteiger partial charge in [-0.25, -0.2) is 0 Å². The van der Waals surface area contributed by atoms with Crippen LogP contribution in [0.4, 0.5) is 0 Å². The van der Waals surface area contributed by atoms with Gasteiger partial charge < -0.3 is 24.5 Å². The third kappa shape index (κ3) is 8.43. The van der Waals surface area contributed by atoms with Gasteiger partial charge in [-0.05, 0) is 57.8 Å². The second kappa shape index (κ2) is 14.2. The molecule has 29 heavy (non-hydrogen) atoms. The average Bonchev–Trinajstić information content (AvgIpc) is 3.43. The molecule has 2 N–H and O–H groups in total. The Morgan fingerprint density at radius 2 is 2.17 bits per heavy atom. The second-order valence-corrected chi connectivity index (χ2v) is 7.48. The number of likely N-dealkylation sites (tertiary alicyclic amines) is 1. The number of rotatable bonds is 10. The number of aliphatic imine (C=N–C) groups is 1. The fraction of sp³-hybridized carbons (Fsp3) is 0.762. The highest BCUT2D eigenvalue weighted by Gasteiger charge is 2.24. The quantitative estimate of drug-likeness (QED) is 0.214. The van der Waals surface area contributed by atoms with Crippen LogP contribution in [0.1, 0.15) is 50.8 Å². The summed E-state index contributed by atoms with van der Waals surface area (Å²) in [4.78, 5) is 7.36. The standard InChI is InChI=1S/C21H36N4O3.HI/c1-2-22-21(23-10-7-14-27-18-9-15-26-17-18)24-16-19(20-8-6-13-28-20)25-11-4-3-5-12-25;/h6,8,13,18-19H,2-5,7,9-12,14-17H2,1H3,(H2,22,23,24);1H. The summed E-state index contributed by atoms with van der Waals surface area (Å²) < 4.78 is 16.9. The average molecular weight is 520 g/mol. The van der Waals surface area contributed by atoms with Gasteiger partial charge in [0.2, 0.25) is 0 Å². The molecule has 2 saturated heterocycles. The number of hydrogen-bond acceptors (Lipinski definition) is 5. The summed E-state index contributed by atoms with van der Waals surface area (Å²) in [5.41, 5.74) is 0. The van der Waals surface area contributed by atoms with Crippen molar-refractivity contribution in [2.24, 2.45) is 4.99 Å². The molecule has 0 aliphatic carbocycles. The van der Waals surface area contributed by atoms with Crippen molar-refractivity contribution in [1.82, 2.24) is 15.5 Å². The van der Waals surface area contributed by atoms with E-state index in [9.17, 15) is 0 Å². The monoisotopic (exact) mass is 520 g/mol. The first kappa shape index (κ1) is 24.4. The molecule has 2 atom stereocenters. The first-order valence-electron chi connectivity index (χ1n) is 10.9. The van der Waals surface area contributed by atoms with Crippen molar-refractivity contribution in [1.29, 1.82) is 0 Å². The van der Waals surface area contributed by atoms with Crippen LogP contribution in [0.15, 0.2) is 27.8 Å². The molecule has 2 fully saturated rings. The molecule has 0 bridgehead atoms. The van der Waals surface area contributed by atoms with E-state index in [0.717, 1.165) is 70.6 Å². The Kier molecular flexibility index (Phi) is 12.0. The lowest BCUT2D eigenvalue weighted by Gasteiger charge is -2.32. The van der Waals surface area contributed by atoms with Gasteiger partial charge in [-0.3, -0.25) is 9.89 Å². The molecule has 8 heteroatoms. The Morgan fingerprint density at radius 1 is 1.31 bits per heavy atom. The Bertz CT molecular complexity index is 558. The Labute approximate surface area is 192 Å². The zero-order valence-corrected chi connectivity index (χ0v) is 19.9. The van der Waals surface area contributed by atoms with E-state index >= 15 is 0 Å². The highest BCUT2D eigenvalue weighted by Crippen LogP contribution is 2.25. The highest BCUT2D eigenvalue weighted by atomic mass is 127. The first-order valence-corrected chi connectivity index (χ1v) is 10.9. The van der Waals surface area contributed by atoms with Gasteiger partial charge in [-0.15, -0.1) is 24.0 Å². The summed E-state index contributed by atoms with van der Waals surface area (Å²) in [5, 5.41) is 6.78. The molecular formula is C21H37IN4O3. The summed E-state index contributed by atoms with van der Waals surface area (Å²) in [6.45, 7) is 9.03. The number of hydrogen-bond donors (Lipinski definition) is 2. The predicted octanol–water partition coefficient (Wildman–Crippen LogP) is 3.18. The van der Waals surface area contributed by atoms with Gasteiger partial charge in [0, 0.05) is 26.3 Å². The molecule has 7 nitrogen and oxygen atoms in total. The molecule has 3 rings (SSSR count). The number of piperidine rings is 1. The van der Waals surface area contributed by atoms with Gasteiger partial charge in [0.15, 0.2) is 5.96 Å². The summed E-state index contributed by atoms with van der Waals surface area (Å²) in [6.07, 6.45) is 7.84. The van der Waals surface area contributed by atoms with Crippen LogP contribution in [0.25, 0.3) is 0 Å². The van der Waals surface area contributed by atoms with Crippen molar-refractivity contribution in [3.05, 3.63) is 24.2 Å². The maximum atomic E-state index is 5.83. The Balaban J connectivity index is 0.00000300. The van der Waals surface area contributed by atoms with Gasteiger partial charge in [0.25, 0.3) is 0 Å². The van der Waals surface area contributed by atoms with Crippen LogP contribution in [0.3, 0.4) is 0 Å². The third-order valence-electron chi connectivity index (χ3n) is 5.32. The van der Waals surface area contributed by atoms with Crippen LogP contribution >= 0.6 is 24.0 Å². The fourth-order valence-corrected chi connectivity index (χ4v) is 3.79. The van der Waals surface area contributed by atoms with Gasteiger partial charge in [0.1, 0.15) is 5.76 Å². The molecule has 0 aromatic carbocycles. The minimum Gasteiger partial charge on any atom is -0.468 e. The van der Waals surface area contributed by atoms with E-state index in [4.69, 9.17) is 18.9 Å². The molecular weight excluding hydrogens is 483 g/mol. The molecule has 166 valence electrons. The van der Waals surface area contributed by atoms with Crippen molar-refractivity contribution < 1.29 is 13.9 Å². The predicted molar refractivity (Wildman–Crippen MR) is 126 cm³/mol. The SMILES string of the molecule is CCNC(=NCC(c1ccco1)N1CCCCC1)NCCCOC1CCOC1.I. The number of nitrogens with one attached hydrogen (secondary N) is 2. The van der Waals surface area contributed by atoms with Crippen LogP contribution in [0.2, 0.25) is 0 Å². The molecule has 0 saturated carbocycles. The van der Waals surface area contributed by atoms with E-state index in [1.165, 1.54) is 19.3 Å². The summed E-state index contributed by atoms with van der Waals surface area (Å²) in [7, 11) is 0. The molecule has 2 aliphatic rings.